The summed E-state index contributed by atoms with van der Waals surface area (Å²) < 4.78 is 32.7. The average Bonchev–Trinajstić information content (AvgIpc) is 3.00. The highest BCUT2D eigenvalue weighted by Gasteiger charge is 2.21. The monoisotopic (exact) mass is 329 g/mol. The second-order valence-corrected chi connectivity index (χ2v) is 7.27. The van der Waals surface area contributed by atoms with Gasteiger partial charge in [0.05, 0.1) is 17.7 Å². The van der Waals surface area contributed by atoms with Gasteiger partial charge < -0.3 is 9.73 Å². The molecule has 0 amide bonds. The van der Waals surface area contributed by atoms with E-state index < -0.39 is 10.0 Å². The van der Waals surface area contributed by atoms with Crippen LogP contribution in [0.4, 0.5) is 0 Å². The van der Waals surface area contributed by atoms with Gasteiger partial charge in [0.1, 0.15) is 16.4 Å². The Morgan fingerprint density at radius 1 is 1.33 bits per heavy atom. The lowest BCUT2D eigenvalue weighted by molar-refractivity contribution is 0.460. The molecule has 116 valence electrons. The van der Waals surface area contributed by atoms with Gasteiger partial charge in [-0.05, 0) is 20.4 Å². The van der Waals surface area contributed by atoms with Crippen LogP contribution in [0.3, 0.4) is 0 Å². The van der Waals surface area contributed by atoms with E-state index in [1.807, 2.05) is 13.8 Å². The number of aromatic nitrogens is 1. The maximum Gasteiger partial charge on any atom is 0.244 e. The number of furan rings is 1. The smallest absolute Gasteiger partial charge is 0.244 e. The molecule has 2 aromatic heterocycles. The number of nitrogens with zero attached hydrogens (tertiary/aromatic N) is 1. The summed E-state index contributed by atoms with van der Waals surface area (Å²) in [5.74, 6) is 1.01. The summed E-state index contributed by atoms with van der Waals surface area (Å²) in [5, 5.41) is 3.10. The fraction of sp³-hybridized carbons (Fsp3) is 0.462. The summed E-state index contributed by atoms with van der Waals surface area (Å²) in [6.45, 7) is 7.05. The Morgan fingerprint density at radius 3 is 2.71 bits per heavy atom. The average molecular weight is 329 g/mol. The van der Waals surface area contributed by atoms with Crippen molar-refractivity contribution in [2.45, 2.75) is 38.8 Å². The van der Waals surface area contributed by atoms with Gasteiger partial charge in [-0.3, -0.25) is 0 Å². The summed E-state index contributed by atoms with van der Waals surface area (Å²) in [6.07, 6.45) is 0. The molecule has 21 heavy (non-hydrogen) atoms. The minimum atomic E-state index is -3.58. The molecule has 0 spiro atoms. The fourth-order valence-electron chi connectivity index (χ4n) is 1.86. The molecule has 0 unspecified atom stereocenters. The molecular formula is C13H19N3O3S2. The quantitative estimate of drug-likeness (QED) is 0.811. The van der Waals surface area contributed by atoms with Gasteiger partial charge in [-0.1, -0.05) is 6.92 Å². The van der Waals surface area contributed by atoms with Gasteiger partial charge in [-0.2, -0.15) is 0 Å². The van der Waals surface area contributed by atoms with Gasteiger partial charge in [-0.25, -0.2) is 18.1 Å². The Labute approximate surface area is 128 Å². The summed E-state index contributed by atoms with van der Waals surface area (Å²) in [4.78, 5) is 5.20. The first-order valence-electron chi connectivity index (χ1n) is 6.62. The molecule has 0 atom stereocenters. The van der Waals surface area contributed by atoms with Crippen molar-refractivity contribution < 1.29 is 12.8 Å². The van der Waals surface area contributed by atoms with E-state index in [0.717, 1.165) is 17.1 Å². The van der Waals surface area contributed by atoms with Crippen LogP contribution in [0.5, 0.6) is 0 Å². The van der Waals surface area contributed by atoms with E-state index in [0.29, 0.717) is 18.1 Å². The standard InChI is InChI=1S/C13H19N3O3S2/c1-4-14-6-11-5-13(10(3)19-11)21(17,18)16-7-12-9(2)15-8-20-12/h5,8,14,16H,4,6-7H2,1-3H3. The van der Waals surface area contributed by atoms with Gasteiger partial charge in [0.2, 0.25) is 10.0 Å². The van der Waals surface area contributed by atoms with Gasteiger partial charge in [0.25, 0.3) is 0 Å². The first kappa shape index (κ1) is 16.2. The Kier molecular flexibility index (Phi) is 5.15. The van der Waals surface area contributed by atoms with Gasteiger partial charge in [0, 0.05) is 17.5 Å². The molecule has 0 bridgehead atoms. The summed E-state index contributed by atoms with van der Waals surface area (Å²) in [6, 6.07) is 1.57. The largest absolute Gasteiger partial charge is 0.464 e. The van der Waals surface area contributed by atoms with E-state index in [-0.39, 0.29) is 11.4 Å². The molecule has 0 radical (unpaired) electrons. The van der Waals surface area contributed by atoms with E-state index in [1.165, 1.54) is 11.3 Å². The molecular weight excluding hydrogens is 310 g/mol. The number of aryl methyl sites for hydroxylation is 2. The highest BCUT2D eigenvalue weighted by molar-refractivity contribution is 7.89. The van der Waals surface area contributed by atoms with E-state index >= 15 is 0 Å². The van der Waals surface area contributed by atoms with Gasteiger partial charge in [-0.15, -0.1) is 11.3 Å². The van der Waals surface area contributed by atoms with Crippen molar-refractivity contribution in [3.63, 3.8) is 0 Å². The molecule has 2 rings (SSSR count). The summed E-state index contributed by atoms with van der Waals surface area (Å²) in [7, 11) is -3.58. The number of rotatable bonds is 7. The van der Waals surface area contributed by atoms with Crippen LogP contribution >= 0.6 is 11.3 Å². The van der Waals surface area contributed by atoms with Crippen LogP contribution < -0.4 is 10.0 Å². The van der Waals surface area contributed by atoms with E-state index in [1.54, 1.807) is 18.5 Å². The normalized spacial score (nSPS) is 12.0. The van der Waals surface area contributed by atoms with Crippen LogP contribution in [-0.2, 0) is 23.1 Å². The van der Waals surface area contributed by atoms with E-state index in [2.05, 4.69) is 15.0 Å². The number of nitrogens with one attached hydrogen (secondary N) is 2. The van der Waals surface area contributed by atoms with Gasteiger partial charge in [0.15, 0.2) is 0 Å². The molecule has 6 nitrogen and oxygen atoms in total. The Balaban J connectivity index is 2.12. The van der Waals surface area contributed by atoms with Crippen LogP contribution in [0.2, 0.25) is 0 Å². The van der Waals surface area contributed by atoms with Crippen LogP contribution in [-0.4, -0.2) is 19.9 Å². The zero-order valence-corrected chi connectivity index (χ0v) is 13.9. The molecule has 0 aromatic carbocycles. The molecule has 2 aromatic rings. The molecule has 0 aliphatic rings. The summed E-state index contributed by atoms with van der Waals surface area (Å²) >= 11 is 1.43. The van der Waals surface area contributed by atoms with Gasteiger partial charge >= 0.3 is 0 Å². The maximum absolute atomic E-state index is 12.3. The molecule has 8 heteroatoms. The van der Waals surface area contributed by atoms with Crippen molar-refractivity contribution >= 4 is 21.4 Å². The van der Waals surface area contributed by atoms with Crippen molar-refractivity contribution in [1.82, 2.24) is 15.0 Å². The predicted octanol–water partition coefficient (Wildman–Crippen LogP) is 1.94. The Hall–Kier alpha value is -1.22. The molecule has 0 aliphatic heterocycles. The minimum Gasteiger partial charge on any atom is -0.464 e. The predicted molar refractivity (Wildman–Crippen MR) is 81.7 cm³/mol. The molecule has 0 aliphatic carbocycles. The molecule has 0 saturated carbocycles. The fourth-order valence-corrected chi connectivity index (χ4v) is 3.87. The third kappa shape index (κ3) is 3.91. The molecule has 0 fully saturated rings. The van der Waals surface area contributed by atoms with Crippen molar-refractivity contribution in [2.24, 2.45) is 0 Å². The summed E-state index contributed by atoms with van der Waals surface area (Å²) in [5.41, 5.74) is 2.55. The first-order valence-corrected chi connectivity index (χ1v) is 8.99. The third-order valence-electron chi connectivity index (χ3n) is 3.03. The van der Waals surface area contributed by atoms with E-state index in [4.69, 9.17) is 4.42 Å². The highest BCUT2D eigenvalue weighted by Crippen LogP contribution is 2.21. The zero-order valence-electron chi connectivity index (χ0n) is 12.3. The SMILES string of the molecule is CCNCc1cc(S(=O)(=O)NCc2scnc2C)c(C)o1. The number of hydrogen-bond acceptors (Lipinski definition) is 6. The second kappa shape index (κ2) is 6.69. The number of hydrogen-bond donors (Lipinski definition) is 2. The molecule has 0 saturated heterocycles. The first-order chi connectivity index (χ1) is 9.94. The second-order valence-electron chi connectivity index (χ2n) is 4.60. The van der Waals surface area contributed by atoms with Crippen LogP contribution in [0.15, 0.2) is 20.9 Å². The topological polar surface area (TPSA) is 84.2 Å². The lowest BCUT2D eigenvalue weighted by Crippen LogP contribution is -2.23. The zero-order chi connectivity index (χ0) is 15.5. The Bertz CT molecular complexity index is 704. The number of sulfonamides is 1. The van der Waals surface area contributed by atoms with Crippen LogP contribution in [0, 0.1) is 13.8 Å². The lowest BCUT2D eigenvalue weighted by atomic mass is 10.4. The van der Waals surface area contributed by atoms with E-state index in [9.17, 15) is 8.42 Å². The number of thiazole rings is 1. The maximum atomic E-state index is 12.3. The lowest BCUT2D eigenvalue weighted by Gasteiger charge is -2.04. The molecule has 2 N–H and O–H groups in total. The molecule has 2 heterocycles. The van der Waals surface area contributed by atoms with Crippen molar-refractivity contribution in [3.8, 4) is 0 Å². The highest BCUT2D eigenvalue weighted by atomic mass is 32.2. The Morgan fingerprint density at radius 2 is 2.10 bits per heavy atom. The van der Waals surface area contributed by atoms with Crippen molar-refractivity contribution in [2.75, 3.05) is 6.54 Å². The van der Waals surface area contributed by atoms with Crippen molar-refractivity contribution in [3.05, 3.63) is 33.7 Å². The van der Waals surface area contributed by atoms with Crippen LogP contribution in [0.25, 0.3) is 0 Å². The minimum absolute atomic E-state index is 0.192. The third-order valence-corrected chi connectivity index (χ3v) is 5.47. The van der Waals surface area contributed by atoms with Crippen LogP contribution in [0.1, 0.15) is 29.0 Å². The van der Waals surface area contributed by atoms with Crippen molar-refractivity contribution in [1.29, 1.82) is 0 Å².